The summed E-state index contributed by atoms with van der Waals surface area (Å²) in [5.41, 5.74) is 8.95. The highest BCUT2D eigenvalue weighted by atomic mass is 16.5. The molecule has 0 aliphatic carbocycles. The van der Waals surface area contributed by atoms with Crippen molar-refractivity contribution in [2.24, 2.45) is 5.73 Å². The van der Waals surface area contributed by atoms with Crippen LogP contribution in [0.25, 0.3) is 0 Å². The molecule has 2 aromatic carbocycles. The Labute approximate surface area is 114 Å². The van der Waals surface area contributed by atoms with Gasteiger partial charge >= 0.3 is 0 Å². The second-order valence-electron chi connectivity index (χ2n) is 4.46. The summed E-state index contributed by atoms with van der Waals surface area (Å²) >= 11 is 0. The first-order valence-electron chi connectivity index (χ1n) is 6.28. The van der Waals surface area contributed by atoms with Crippen molar-refractivity contribution in [2.45, 2.75) is 20.1 Å². The Morgan fingerprint density at radius 3 is 2.26 bits per heavy atom. The molecule has 0 radical (unpaired) electrons. The van der Waals surface area contributed by atoms with E-state index in [2.05, 4.69) is 0 Å². The Kier molecular flexibility index (Phi) is 4.42. The molecule has 0 amide bonds. The van der Waals surface area contributed by atoms with Gasteiger partial charge in [-0.25, -0.2) is 0 Å². The Balaban J connectivity index is 2.05. The topological polar surface area (TPSA) is 44.5 Å². The monoisotopic (exact) mass is 257 g/mol. The number of hydrogen-bond donors (Lipinski definition) is 1. The highest BCUT2D eigenvalue weighted by Crippen LogP contribution is 2.28. The summed E-state index contributed by atoms with van der Waals surface area (Å²) in [4.78, 5) is 0. The minimum Gasteiger partial charge on any atom is -0.493 e. The van der Waals surface area contributed by atoms with Crippen LogP contribution in [0.4, 0.5) is 0 Å². The van der Waals surface area contributed by atoms with Crippen LogP contribution in [0.1, 0.15) is 16.7 Å². The van der Waals surface area contributed by atoms with Crippen LogP contribution in [0.2, 0.25) is 0 Å². The molecule has 2 rings (SSSR count). The van der Waals surface area contributed by atoms with Crippen molar-refractivity contribution in [1.29, 1.82) is 0 Å². The third kappa shape index (κ3) is 3.48. The Bertz CT molecular complexity index is 535. The summed E-state index contributed by atoms with van der Waals surface area (Å²) in [6.45, 7) is 3.11. The van der Waals surface area contributed by atoms with Gasteiger partial charge in [-0.15, -0.1) is 0 Å². The van der Waals surface area contributed by atoms with E-state index in [-0.39, 0.29) is 0 Å². The van der Waals surface area contributed by atoms with Gasteiger partial charge in [-0.1, -0.05) is 30.3 Å². The first-order chi connectivity index (χ1) is 9.22. The largest absolute Gasteiger partial charge is 0.493 e. The molecule has 0 bridgehead atoms. The van der Waals surface area contributed by atoms with Crippen molar-refractivity contribution in [1.82, 2.24) is 0 Å². The molecule has 2 aromatic rings. The SMILES string of the molecule is COc1cc(C)ccc1OCc1ccc(CN)cc1. The lowest BCUT2D eigenvalue weighted by molar-refractivity contribution is 0.284. The molecule has 2 N–H and O–H groups in total. The van der Waals surface area contributed by atoms with E-state index >= 15 is 0 Å². The molecule has 100 valence electrons. The molecule has 3 nitrogen and oxygen atoms in total. The molecule has 19 heavy (non-hydrogen) atoms. The fourth-order valence-corrected chi connectivity index (χ4v) is 1.83. The molecule has 0 atom stereocenters. The fourth-order valence-electron chi connectivity index (χ4n) is 1.83. The molecule has 0 fully saturated rings. The first kappa shape index (κ1) is 13.4. The normalized spacial score (nSPS) is 10.3. The number of ether oxygens (including phenoxy) is 2. The smallest absolute Gasteiger partial charge is 0.161 e. The number of nitrogens with two attached hydrogens (primary N) is 1. The van der Waals surface area contributed by atoms with Crippen molar-refractivity contribution in [3.8, 4) is 11.5 Å². The third-order valence-electron chi connectivity index (χ3n) is 2.97. The van der Waals surface area contributed by atoms with Gasteiger partial charge in [0.05, 0.1) is 7.11 Å². The minimum absolute atomic E-state index is 0.518. The van der Waals surface area contributed by atoms with E-state index in [9.17, 15) is 0 Å². The first-order valence-corrected chi connectivity index (χ1v) is 6.28. The van der Waals surface area contributed by atoms with Crippen molar-refractivity contribution in [3.63, 3.8) is 0 Å². The zero-order valence-corrected chi connectivity index (χ0v) is 11.3. The molecule has 0 unspecified atom stereocenters. The van der Waals surface area contributed by atoms with Crippen LogP contribution in [0.15, 0.2) is 42.5 Å². The van der Waals surface area contributed by atoms with E-state index in [0.717, 1.165) is 28.2 Å². The molecule has 0 saturated carbocycles. The van der Waals surface area contributed by atoms with Gasteiger partial charge in [0.2, 0.25) is 0 Å². The van der Waals surface area contributed by atoms with Gasteiger partial charge in [0.25, 0.3) is 0 Å². The van der Waals surface area contributed by atoms with E-state index in [1.807, 2.05) is 49.4 Å². The van der Waals surface area contributed by atoms with Crippen LogP contribution in [0, 0.1) is 6.92 Å². The second-order valence-corrected chi connectivity index (χ2v) is 4.46. The zero-order chi connectivity index (χ0) is 13.7. The van der Waals surface area contributed by atoms with E-state index in [1.165, 1.54) is 0 Å². The summed E-state index contributed by atoms with van der Waals surface area (Å²) in [6, 6.07) is 14.0. The van der Waals surface area contributed by atoms with E-state index < -0.39 is 0 Å². The summed E-state index contributed by atoms with van der Waals surface area (Å²) < 4.78 is 11.1. The van der Waals surface area contributed by atoms with Gasteiger partial charge in [0.1, 0.15) is 6.61 Å². The maximum absolute atomic E-state index is 5.79. The van der Waals surface area contributed by atoms with Crippen LogP contribution >= 0.6 is 0 Å². The zero-order valence-electron chi connectivity index (χ0n) is 11.3. The molecule has 0 aliphatic rings. The third-order valence-corrected chi connectivity index (χ3v) is 2.97. The predicted molar refractivity (Wildman–Crippen MR) is 76.4 cm³/mol. The van der Waals surface area contributed by atoms with Gasteiger partial charge < -0.3 is 15.2 Å². The van der Waals surface area contributed by atoms with Crippen molar-refractivity contribution >= 4 is 0 Å². The maximum Gasteiger partial charge on any atom is 0.161 e. The van der Waals surface area contributed by atoms with Crippen molar-refractivity contribution < 1.29 is 9.47 Å². The van der Waals surface area contributed by atoms with Crippen LogP contribution in [0.3, 0.4) is 0 Å². The molecule has 0 aliphatic heterocycles. The molecular weight excluding hydrogens is 238 g/mol. The molecule has 3 heteroatoms. The van der Waals surface area contributed by atoms with Crippen molar-refractivity contribution in [2.75, 3.05) is 7.11 Å². The van der Waals surface area contributed by atoms with Crippen LogP contribution in [0.5, 0.6) is 11.5 Å². The van der Waals surface area contributed by atoms with Crippen molar-refractivity contribution in [3.05, 3.63) is 59.2 Å². The Morgan fingerprint density at radius 2 is 1.63 bits per heavy atom. The molecule has 0 spiro atoms. The molecule has 0 saturated heterocycles. The molecular formula is C16H19NO2. The average molecular weight is 257 g/mol. The number of hydrogen-bond acceptors (Lipinski definition) is 3. The lowest BCUT2D eigenvalue weighted by atomic mass is 10.1. The fraction of sp³-hybridized carbons (Fsp3) is 0.250. The van der Waals surface area contributed by atoms with Crippen LogP contribution in [-0.4, -0.2) is 7.11 Å². The minimum atomic E-state index is 0.518. The van der Waals surface area contributed by atoms with Gasteiger partial charge in [-0.3, -0.25) is 0 Å². The predicted octanol–water partition coefficient (Wildman–Crippen LogP) is 3.04. The number of rotatable bonds is 5. The number of aryl methyl sites for hydroxylation is 1. The summed E-state index contributed by atoms with van der Waals surface area (Å²) in [5.74, 6) is 1.52. The molecule has 0 aromatic heterocycles. The average Bonchev–Trinajstić information content (AvgIpc) is 2.46. The lowest BCUT2D eigenvalue weighted by Crippen LogP contribution is -1.99. The highest BCUT2D eigenvalue weighted by Gasteiger charge is 2.04. The van der Waals surface area contributed by atoms with E-state index in [0.29, 0.717) is 13.2 Å². The van der Waals surface area contributed by atoms with E-state index in [4.69, 9.17) is 15.2 Å². The Morgan fingerprint density at radius 1 is 0.947 bits per heavy atom. The van der Waals surface area contributed by atoms with E-state index in [1.54, 1.807) is 7.11 Å². The lowest BCUT2D eigenvalue weighted by Gasteiger charge is -2.11. The van der Waals surface area contributed by atoms with Gasteiger partial charge in [0.15, 0.2) is 11.5 Å². The standard InChI is InChI=1S/C16H19NO2/c1-12-3-8-15(16(9-12)18-2)19-11-14-6-4-13(10-17)5-7-14/h3-9H,10-11,17H2,1-2H3. The summed E-state index contributed by atoms with van der Waals surface area (Å²) in [5, 5.41) is 0. The molecule has 0 heterocycles. The van der Waals surface area contributed by atoms with Crippen LogP contribution < -0.4 is 15.2 Å². The second kappa shape index (κ2) is 6.25. The highest BCUT2D eigenvalue weighted by molar-refractivity contribution is 5.42. The maximum atomic E-state index is 5.79. The summed E-state index contributed by atoms with van der Waals surface area (Å²) in [6.07, 6.45) is 0. The number of methoxy groups -OCH3 is 1. The Hall–Kier alpha value is -2.00. The van der Waals surface area contributed by atoms with Gasteiger partial charge in [-0.05, 0) is 35.7 Å². The van der Waals surface area contributed by atoms with Gasteiger partial charge in [-0.2, -0.15) is 0 Å². The quantitative estimate of drug-likeness (QED) is 0.895. The summed E-state index contributed by atoms with van der Waals surface area (Å²) in [7, 11) is 1.65. The van der Waals surface area contributed by atoms with Gasteiger partial charge in [0, 0.05) is 6.54 Å². The number of benzene rings is 2. The van der Waals surface area contributed by atoms with Crippen LogP contribution in [-0.2, 0) is 13.2 Å².